The number of nitrogens with zero attached hydrogens (tertiary/aromatic N) is 2. The smallest absolute Gasteiger partial charge is 0.195 e. The van der Waals surface area contributed by atoms with Gasteiger partial charge in [-0.1, -0.05) is 15.9 Å². The van der Waals surface area contributed by atoms with Crippen molar-refractivity contribution < 1.29 is 4.74 Å². The molecule has 84 valence electrons. The molecule has 0 N–H and O–H groups in total. The first-order valence-electron chi connectivity index (χ1n) is 5.10. The summed E-state index contributed by atoms with van der Waals surface area (Å²) >= 11 is 4.88. The Morgan fingerprint density at radius 3 is 3.18 bits per heavy atom. The average Bonchev–Trinajstić information content (AvgIpc) is 2.66. The third kappa shape index (κ3) is 1.84. The zero-order chi connectivity index (χ0) is 11.8. The fourth-order valence-corrected chi connectivity index (χ4v) is 3.04. The number of hydrogen-bond acceptors (Lipinski definition) is 4. The second kappa shape index (κ2) is 4.13. The summed E-state index contributed by atoms with van der Waals surface area (Å²) in [6.07, 6.45) is 0.807. The minimum atomic E-state index is 0.519. The van der Waals surface area contributed by atoms with E-state index in [9.17, 15) is 0 Å². The van der Waals surface area contributed by atoms with E-state index >= 15 is 0 Å². The van der Waals surface area contributed by atoms with Crippen molar-refractivity contribution in [1.29, 1.82) is 5.26 Å². The first-order valence-corrected chi connectivity index (χ1v) is 6.71. The normalized spacial score (nSPS) is 12.9. The van der Waals surface area contributed by atoms with Crippen molar-refractivity contribution >= 4 is 27.3 Å². The van der Waals surface area contributed by atoms with Crippen molar-refractivity contribution in [3.05, 3.63) is 32.6 Å². The topological polar surface area (TPSA) is 45.9 Å². The monoisotopic (exact) mass is 306 g/mol. The molecule has 0 aliphatic carbocycles. The Hall–Kier alpha value is -1.38. The van der Waals surface area contributed by atoms with Crippen molar-refractivity contribution in [2.75, 3.05) is 6.61 Å². The van der Waals surface area contributed by atoms with Crippen LogP contribution in [0.15, 0.2) is 22.7 Å². The highest BCUT2D eigenvalue weighted by Gasteiger charge is 2.20. The Balaban J connectivity index is 2.23. The quantitative estimate of drug-likeness (QED) is 0.749. The Morgan fingerprint density at radius 2 is 2.35 bits per heavy atom. The van der Waals surface area contributed by atoms with Gasteiger partial charge in [0.1, 0.15) is 11.8 Å². The van der Waals surface area contributed by atoms with Crippen LogP contribution < -0.4 is 4.74 Å². The zero-order valence-corrected chi connectivity index (χ0v) is 11.1. The molecule has 3 nitrogen and oxygen atoms in total. The van der Waals surface area contributed by atoms with Gasteiger partial charge in [0.25, 0.3) is 0 Å². The lowest BCUT2D eigenvalue weighted by atomic mass is 10.1. The molecule has 0 saturated carbocycles. The number of aromatic nitrogens is 1. The van der Waals surface area contributed by atoms with E-state index in [2.05, 4.69) is 27.0 Å². The van der Waals surface area contributed by atoms with Gasteiger partial charge in [0.05, 0.1) is 12.3 Å². The number of halogens is 1. The van der Waals surface area contributed by atoms with Gasteiger partial charge in [-0.2, -0.15) is 5.26 Å². The molecule has 5 heteroatoms. The molecule has 3 rings (SSSR count). The molecule has 0 atom stereocenters. The van der Waals surface area contributed by atoms with Gasteiger partial charge in [-0.3, -0.25) is 0 Å². The van der Waals surface area contributed by atoms with Crippen LogP contribution in [0.1, 0.15) is 9.88 Å². The molecular formula is C12H7BrN2OS. The summed E-state index contributed by atoms with van der Waals surface area (Å²) < 4.78 is 6.68. The molecule has 0 saturated heterocycles. The summed E-state index contributed by atoms with van der Waals surface area (Å²) in [6, 6.07) is 7.98. The standard InChI is InChI=1S/C12H7BrN2OS/c13-7-1-2-8-9(5-7)16-4-3-10-12(8)15-11(6-14)17-10/h1-2,5H,3-4H2. The molecule has 1 aliphatic heterocycles. The molecule has 0 radical (unpaired) electrons. The van der Waals surface area contributed by atoms with Gasteiger partial charge in [0.15, 0.2) is 5.01 Å². The van der Waals surface area contributed by atoms with Gasteiger partial charge in [-0.15, -0.1) is 11.3 Å². The van der Waals surface area contributed by atoms with Crippen molar-refractivity contribution in [3.63, 3.8) is 0 Å². The minimum Gasteiger partial charge on any atom is -0.492 e. The van der Waals surface area contributed by atoms with E-state index in [-0.39, 0.29) is 0 Å². The summed E-state index contributed by atoms with van der Waals surface area (Å²) in [4.78, 5) is 5.49. The second-order valence-electron chi connectivity index (χ2n) is 3.64. The first kappa shape index (κ1) is 10.8. The molecule has 0 unspecified atom stereocenters. The van der Waals surface area contributed by atoms with E-state index in [1.54, 1.807) is 0 Å². The van der Waals surface area contributed by atoms with E-state index in [1.165, 1.54) is 11.3 Å². The number of benzene rings is 1. The first-order chi connectivity index (χ1) is 8.28. The zero-order valence-electron chi connectivity index (χ0n) is 8.74. The van der Waals surface area contributed by atoms with Gasteiger partial charge in [0, 0.05) is 21.3 Å². The van der Waals surface area contributed by atoms with Gasteiger partial charge in [-0.05, 0) is 18.2 Å². The van der Waals surface area contributed by atoms with Crippen LogP contribution in [-0.2, 0) is 6.42 Å². The third-order valence-electron chi connectivity index (χ3n) is 2.58. The lowest BCUT2D eigenvalue weighted by Gasteiger charge is -2.06. The molecule has 0 amide bonds. The summed E-state index contributed by atoms with van der Waals surface area (Å²) in [6.45, 7) is 0.628. The van der Waals surface area contributed by atoms with Crippen LogP contribution in [0.5, 0.6) is 5.75 Å². The largest absolute Gasteiger partial charge is 0.492 e. The van der Waals surface area contributed by atoms with E-state index in [0.717, 1.165) is 32.8 Å². The van der Waals surface area contributed by atoms with Crippen LogP contribution in [0.25, 0.3) is 11.3 Å². The highest BCUT2D eigenvalue weighted by molar-refractivity contribution is 9.10. The van der Waals surface area contributed by atoms with Crippen LogP contribution in [0, 0.1) is 11.3 Å². The van der Waals surface area contributed by atoms with Gasteiger partial charge >= 0.3 is 0 Å². The van der Waals surface area contributed by atoms with Gasteiger partial charge < -0.3 is 4.74 Å². The summed E-state index contributed by atoms with van der Waals surface area (Å²) in [5, 5.41) is 9.43. The second-order valence-corrected chi connectivity index (χ2v) is 5.64. The van der Waals surface area contributed by atoms with E-state index in [4.69, 9.17) is 10.00 Å². The lowest BCUT2D eigenvalue weighted by Crippen LogP contribution is -1.97. The van der Waals surface area contributed by atoms with Crippen LogP contribution in [0.2, 0.25) is 0 Å². The fourth-order valence-electron chi connectivity index (χ4n) is 1.84. The number of rotatable bonds is 0. The predicted molar refractivity (Wildman–Crippen MR) is 69.2 cm³/mol. The molecule has 2 aromatic rings. The number of nitriles is 1. The van der Waals surface area contributed by atoms with Crippen LogP contribution in [0.3, 0.4) is 0 Å². The van der Waals surface area contributed by atoms with Gasteiger partial charge in [-0.25, -0.2) is 4.98 Å². The Morgan fingerprint density at radius 1 is 1.47 bits per heavy atom. The van der Waals surface area contributed by atoms with Crippen LogP contribution in [-0.4, -0.2) is 11.6 Å². The van der Waals surface area contributed by atoms with E-state index in [0.29, 0.717) is 11.6 Å². The third-order valence-corrected chi connectivity index (χ3v) is 4.09. The number of hydrogen-bond donors (Lipinski definition) is 0. The maximum Gasteiger partial charge on any atom is 0.195 e. The molecular weight excluding hydrogens is 300 g/mol. The molecule has 1 aromatic heterocycles. The predicted octanol–water partition coefficient (Wildman–Crippen LogP) is 3.38. The highest BCUT2D eigenvalue weighted by atomic mass is 79.9. The van der Waals surface area contributed by atoms with E-state index in [1.807, 2.05) is 18.2 Å². The van der Waals surface area contributed by atoms with Crippen molar-refractivity contribution in [1.82, 2.24) is 4.98 Å². The van der Waals surface area contributed by atoms with Crippen LogP contribution >= 0.6 is 27.3 Å². The lowest BCUT2D eigenvalue weighted by molar-refractivity contribution is 0.327. The molecule has 1 aliphatic rings. The fraction of sp³-hybridized carbons (Fsp3) is 0.167. The number of fused-ring (bicyclic) bond motifs is 3. The maximum absolute atomic E-state index is 8.91. The average molecular weight is 307 g/mol. The van der Waals surface area contributed by atoms with Crippen LogP contribution in [0.4, 0.5) is 0 Å². The molecule has 0 spiro atoms. The number of ether oxygens (including phenoxy) is 1. The van der Waals surface area contributed by atoms with Crippen molar-refractivity contribution in [2.45, 2.75) is 6.42 Å². The van der Waals surface area contributed by atoms with E-state index < -0.39 is 0 Å². The Kier molecular flexibility index (Phi) is 2.61. The molecule has 17 heavy (non-hydrogen) atoms. The Bertz CT molecular complexity index is 630. The van der Waals surface area contributed by atoms with Gasteiger partial charge in [0.2, 0.25) is 0 Å². The summed E-state index contributed by atoms with van der Waals surface area (Å²) in [7, 11) is 0. The molecule has 0 bridgehead atoms. The molecule has 2 heterocycles. The summed E-state index contributed by atoms with van der Waals surface area (Å²) in [5.74, 6) is 0.827. The summed E-state index contributed by atoms with van der Waals surface area (Å²) in [5.41, 5.74) is 1.87. The molecule has 1 aromatic carbocycles. The maximum atomic E-state index is 8.91. The SMILES string of the molecule is N#Cc1nc2c(s1)CCOc1cc(Br)ccc1-2. The Labute approximate surface area is 111 Å². The number of thiazole rings is 1. The van der Waals surface area contributed by atoms with Crippen molar-refractivity contribution in [2.24, 2.45) is 0 Å². The van der Waals surface area contributed by atoms with Crippen molar-refractivity contribution in [3.8, 4) is 23.1 Å². The highest BCUT2D eigenvalue weighted by Crippen LogP contribution is 2.38. The minimum absolute atomic E-state index is 0.519. The molecule has 0 fully saturated rings.